The highest BCUT2D eigenvalue weighted by atomic mass is 19.4. The summed E-state index contributed by atoms with van der Waals surface area (Å²) in [5.74, 6) is 0. The first kappa shape index (κ1) is 59.0. The van der Waals surface area contributed by atoms with Gasteiger partial charge < -0.3 is 18.3 Å². The molecule has 0 N–H and O–H groups in total. The van der Waals surface area contributed by atoms with E-state index >= 15 is 13.2 Å². The van der Waals surface area contributed by atoms with Crippen molar-refractivity contribution < 1.29 is 39.5 Å². The molecule has 0 atom stereocenters. The number of para-hydroxylation sites is 4. The first-order valence-corrected chi connectivity index (χ1v) is 30.3. The van der Waals surface area contributed by atoms with E-state index in [1.807, 2.05) is 158 Å². The number of hydrogen-bond acceptors (Lipinski definition) is 1. The fourth-order valence-corrected chi connectivity index (χ4v) is 14.0. The van der Waals surface area contributed by atoms with Crippen molar-refractivity contribution in [1.29, 1.82) is 5.26 Å². The lowest BCUT2D eigenvalue weighted by molar-refractivity contribution is -0.138. The van der Waals surface area contributed by atoms with Crippen molar-refractivity contribution >= 4 is 87.2 Å². The second-order valence-corrected chi connectivity index (χ2v) is 24.0. The van der Waals surface area contributed by atoms with Crippen LogP contribution in [0.15, 0.2) is 243 Å². The van der Waals surface area contributed by atoms with E-state index in [1.165, 1.54) is 30.3 Å². The number of nitriles is 1. The van der Waals surface area contributed by atoms with E-state index in [0.29, 0.717) is 44.6 Å². The topological polar surface area (TPSA) is 43.5 Å². The number of rotatable bonds is 6. The van der Waals surface area contributed by atoms with E-state index in [2.05, 4.69) is 30.3 Å². The molecule has 0 aliphatic rings. The molecule has 0 amide bonds. The molecule has 0 saturated heterocycles. The minimum Gasteiger partial charge on any atom is -0.309 e. The Kier molecular flexibility index (Phi) is 13.8. The summed E-state index contributed by atoms with van der Waals surface area (Å²) >= 11 is 0. The van der Waals surface area contributed by atoms with Gasteiger partial charge in [-0.1, -0.05) is 158 Å². The Balaban J connectivity index is 0.000000155. The molecular formula is C80H52F9N5. The van der Waals surface area contributed by atoms with Crippen LogP contribution in [0.3, 0.4) is 0 Å². The van der Waals surface area contributed by atoms with Crippen LogP contribution in [0.5, 0.6) is 0 Å². The summed E-state index contributed by atoms with van der Waals surface area (Å²) in [6.45, 7) is 7.75. The molecule has 0 aliphatic heterocycles. The van der Waals surface area contributed by atoms with Crippen LogP contribution >= 0.6 is 0 Å². The van der Waals surface area contributed by atoms with Gasteiger partial charge in [0.2, 0.25) is 0 Å². The summed E-state index contributed by atoms with van der Waals surface area (Å²) in [6.07, 6.45) is -14.2. The Hall–Kier alpha value is -11.3. The molecule has 0 bridgehead atoms. The van der Waals surface area contributed by atoms with E-state index in [0.717, 1.165) is 112 Å². The van der Waals surface area contributed by atoms with E-state index in [-0.39, 0.29) is 28.1 Å². The highest BCUT2D eigenvalue weighted by Crippen LogP contribution is 2.50. The molecule has 4 aromatic heterocycles. The maximum atomic E-state index is 15.0. The van der Waals surface area contributed by atoms with Crippen molar-refractivity contribution in [2.24, 2.45) is 0 Å². The molecule has 16 aromatic rings. The fraction of sp³-hybridized carbons (Fsp3) is 0.0875. The molecule has 0 spiro atoms. The van der Waals surface area contributed by atoms with Gasteiger partial charge in [0, 0.05) is 54.2 Å². The molecule has 0 unspecified atom stereocenters. The van der Waals surface area contributed by atoms with Crippen LogP contribution < -0.4 is 0 Å². The van der Waals surface area contributed by atoms with E-state index < -0.39 is 35.2 Å². The standard InChI is InChI=1S/C40H26F6N2.C40H26F3N3/c1-23-15-17-28-26-9-4-7-13-32(26)47(34(28)19-23)36-21-25(39(41,42)43)22-37(38(36)30-11-3-6-12-31(30)40(44,45)46)48-33-14-8-5-10-27(33)29-18-16-24(2)20-35(29)48;1-24-15-17-29-27-9-4-7-13-33(27)45(35(29)19-24)37-21-26(23-44)22-38(39(37)31-11-3-6-12-32(31)40(41,42)43)46-34-14-8-5-10-28(34)30-18-16-25(2)20-36(30)46/h3-22H,1-2H3;3-22H,1-2H3. The van der Waals surface area contributed by atoms with E-state index in [9.17, 15) is 31.6 Å². The summed E-state index contributed by atoms with van der Waals surface area (Å²) in [4.78, 5) is 0. The number of alkyl halides is 9. The lowest BCUT2D eigenvalue weighted by atomic mass is 9.93. The largest absolute Gasteiger partial charge is 0.417 e. The predicted molar refractivity (Wildman–Crippen MR) is 360 cm³/mol. The number of benzene rings is 12. The first-order chi connectivity index (χ1) is 45.2. The molecule has 16 rings (SSSR count). The lowest BCUT2D eigenvalue weighted by Gasteiger charge is -2.24. The van der Waals surface area contributed by atoms with Gasteiger partial charge in [0.1, 0.15) is 0 Å². The molecule has 460 valence electrons. The van der Waals surface area contributed by atoms with Crippen molar-refractivity contribution in [1.82, 2.24) is 18.3 Å². The van der Waals surface area contributed by atoms with Gasteiger partial charge >= 0.3 is 18.5 Å². The highest BCUT2D eigenvalue weighted by molar-refractivity contribution is 6.14. The molecule has 94 heavy (non-hydrogen) atoms. The van der Waals surface area contributed by atoms with Crippen molar-refractivity contribution in [2.45, 2.75) is 46.2 Å². The lowest BCUT2D eigenvalue weighted by Crippen LogP contribution is -2.13. The zero-order valence-electron chi connectivity index (χ0n) is 50.7. The Morgan fingerprint density at radius 2 is 0.532 bits per heavy atom. The van der Waals surface area contributed by atoms with Crippen molar-refractivity contribution in [3.63, 3.8) is 0 Å². The summed E-state index contributed by atoms with van der Waals surface area (Å²) in [5, 5.41) is 17.4. The molecule has 0 saturated carbocycles. The van der Waals surface area contributed by atoms with Crippen molar-refractivity contribution in [3.05, 3.63) is 287 Å². The Morgan fingerprint density at radius 3 is 0.809 bits per heavy atom. The number of hydrogen-bond donors (Lipinski definition) is 0. The Morgan fingerprint density at radius 1 is 0.277 bits per heavy atom. The van der Waals surface area contributed by atoms with E-state index in [1.54, 1.807) is 51.6 Å². The van der Waals surface area contributed by atoms with Crippen LogP contribution in [-0.4, -0.2) is 18.3 Å². The third-order valence-electron chi connectivity index (χ3n) is 17.9. The van der Waals surface area contributed by atoms with Crippen LogP contribution in [0.25, 0.3) is 132 Å². The van der Waals surface area contributed by atoms with Gasteiger partial charge in [-0.05, 0) is 146 Å². The third kappa shape index (κ3) is 9.63. The average Bonchev–Trinajstić information content (AvgIpc) is 1.50. The maximum Gasteiger partial charge on any atom is 0.417 e. The third-order valence-corrected chi connectivity index (χ3v) is 17.9. The molecule has 0 fully saturated rings. The number of aryl methyl sites for hydroxylation is 4. The summed E-state index contributed by atoms with van der Waals surface area (Å²) in [6, 6.07) is 72.5. The minimum absolute atomic E-state index is 0.00749. The Bertz CT molecular complexity index is 5560. The van der Waals surface area contributed by atoms with Crippen LogP contribution in [0, 0.1) is 39.0 Å². The van der Waals surface area contributed by atoms with Crippen molar-refractivity contribution in [3.8, 4) is 51.1 Å². The second-order valence-electron chi connectivity index (χ2n) is 24.0. The smallest absolute Gasteiger partial charge is 0.309 e. The van der Waals surface area contributed by atoms with Crippen LogP contribution in [-0.2, 0) is 18.5 Å². The first-order valence-electron chi connectivity index (χ1n) is 30.3. The summed E-state index contributed by atoms with van der Waals surface area (Å²) in [7, 11) is 0. The minimum atomic E-state index is -4.81. The van der Waals surface area contributed by atoms with E-state index in [4.69, 9.17) is 0 Å². The normalized spacial score (nSPS) is 12.3. The number of nitrogens with zero attached hydrogens (tertiary/aromatic N) is 5. The zero-order valence-corrected chi connectivity index (χ0v) is 50.7. The van der Waals surface area contributed by atoms with Gasteiger partial charge in [0.15, 0.2) is 0 Å². The van der Waals surface area contributed by atoms with Gasteiger partial charge in [-0.3, -0.25) is 0 Å². The highest BCUT2D eigenvalue weighted by Gasteiger charge is 2.39. The predicted octanol–water partition coefficient (Wildman–Crippen LogP) is 23.3. The van der Waals surface area contributed by atoms with Gasteiger partial charge in [-0.25, -0.2) is 0 Å². The van der Waals surface area contributed by atoms with Crippen LogP contribution in [0.2, 0.25) is 0 Å². The maximum absolute atomic E-state index is 15.0. The molecule has 14 heteroatoms. The SMILES string of the molecule is Cc1ccc2c3ccccc3n(-c3cc(C#N)cc(-n4c5ccccc5c5ccc(C)cc54)c3-c3ccccc3C(F)(F)F)c2c1.Cc1ccc2c3ccccc3n(-c3cc(C(F)(F)F)cc(-n4c5ccccc5c5ccc(C)cc54)c3-c3ccccc3C(F)(F)F)c2c1. The fourth-order valence-electron chi connectivity index (χ4n) is 14.0. The average molecular weight is 1250 g/mol. The molecule has 4 heterocycles. The van der Waals surface area contributed by atoms with Crippen LogP contribution in [0.1, 0.15) is 44.5 Å². The second kappa shape index (κ2) is 21.9. The Labute approximate surface area is 532 Å². The quantitative estimate of drug-likeness (QED) is 0.153. The van der Waals surface area contributed by atoms with Gasteiger partial charge in [-0.15, -0.1) is 0 Å². The summed E-state index contributed by atoms with van der Waals surface area (Å²) < 4.78 is 142. The van der Waals surface area contributed by atoms with Gasteiger partial charge in [-0.2, -0.15) is 44.8 Å². The molecule has 12 aromatic carbocycles. The molecular weight excluding hydrogens is 1200 g/mol. The van der Waals surface area contributed by atoms with Crippen LogP contribution in [0.4, 0.5) is 39.5 Å². The van der Waals surface area contributed by atoms with Gasteiger partial charge in [0.05, 0.1) is 95.2 Å². The number of halogens is 9. The summed E-state index contributed by atoms with van der Waals surface area (Å²) in [5.41, 5.74) is 8.38. The molecule has 0 aliphatic carbocycles. The number of aromatic nitrogens is 4. The zero-order chi connectivity index (χ0) is 65.3. The number of fused-ring (bicyclic) bond motifs is 12. The van der Waals surface area contributed by atoms with Gasteiger partial charge in [0.25, 0.3) is 0 Å². The molecule has 0 radical (unpaired) electrons. The molecule has 5 nitrogen and oxygen atoms in total. The van der Waals surface area contributed by atoms with Crippen molar-refractivity contribution in [2.75, 3.05) is 0 Å². The monoisotopic (exact) mass is 1250 g/mol.